The van der Waals surface area contributed by atoms with Gasteiger partial charge in [-0.1, -0.05) is 48.0 Å². The van der Waals surface area contributed by atoms with Gasteiger partial charge in [-0.05, 0) is 30.7 Å². The third kappa shape index (κ3) is 4.56. The molecule has 0 aliphatic carbocycles. The molecule has 0 saturated carbocycles. The van der Waals surface area contributed by atoms with Gasteiger partial charge >= 0.3 is 0 Å². The van der Waals surface area contributed by atoms with Crippen molar-refractivity contribution in [1.82, 2.24) is 5.32 Å². The minimum Gasteiger partial charge on any atom is -0.338 e. The predicted octanol–water partition coefficient (Wildman–Crippen LogP) is 2.56. The molecule has 1 amide bonds. The summed E-state index contributed by atoms with van der Waals surface area (Å²) < 4.78 is 24.2. The normalized spacial score (nSPS) is 11.5. The number of benzene rings is 2. The summed E-state index contributed by atoms with van der Waals surface area (Å²) in [5.74, 6) is -0.867. The maximum atomic E-state index is 12.1. The van der Waals surface area contributed by atoms with Crippen molar-refractivity contribution in [3.8, 4) is 0 Å². The number of hydrogen-bond acceptors (Lipinski definition) is 3. The fourth-order valence-corrected chi connectivity index (χ4v) is 2.84. The summed E-state index contributed by atoms with van der Waals surface area (Å²) >= 11 is 0. The number of carbonyl (C=O) groups is 1. The van der Waals surface area contributed by atoms with Crippen LogP contribution in [0.25, 0.3) is 6.08 Å². The van der Waals surface area contributed by atoms with Gasteiger partial charge in [-0.25, -0.2) is 8.42 Å². The van der Waals surface area contributed by atoms with Crippen LogP contribution >= 0.6 is 0 Å². The quantitative estimate of drug-likeness (QED) is 0.863. The molecule has 0 aromatic heterocycles. The zero-order valence-corrected chi connectivity index (χ0v) is 13.0. The number of nitrogens with one attached hydrogen (secondary N) is 1. The number of sulfone groups is 1. The van der Waals surface area contributed by atoms with Crippen molar-refractivity contribution in [3.05, 3.63) is 71.8 Å². The Morgan fingerprint density at radius 3 is 2.32 bits per heavy atom. The van der Waals surface area contributed by atoms with Crippen LogP contribution in [0.2, 0.25) is 0 Å². The van der Waals surface area contributed by atoms with E-state index < -0.39 is 21.6 Å². The van der Waals surface area contributed by atoms with Crippen LogP contribution in [-0.4, -0.2) is 20.2 Å². The van der Waals surface area contributed by atoms with Gasteiger partial charge in [0.15, 0.2) is 9.84 Å². The van der Waals surface area contributed by atoms with Crippen molar-refractivity contribution in [3.63, 3.8) is 0 Å². The van der Waals surface area contributed by atoms with Gasteiger partial charge in [0.25, 0.3) is 0 Å². The summed E-state index contributed by atoms with van der Waals surface area (Å²) in [5, 5.41) is 2.39. The Hall–Kier alpha value is -2.40. The number of carbonyl (C=O) groups excluding carboxylic acids is 1. The molecule has 5 heteroatoms. The van der Waals surface area contributed by atoms with Crippen molar-refractivity contribution >= 4 is 21.8 Å². The summed E-state index contributed by atoms with van der Waals surface area (Å²) in [6.07, 6.45) is 2.95. The van der Waals surface area contributed by atoms with E-state index in [-0.39, 0.29) is 4.90 Å². The van der Waals surface area contributed by atoms with E-state index in [2.05, 4.69) is 5.32 Å². The van der Waals surface area contributed by atoms with E-state index in [1.165, 1.54) is 18.2 Å². The number of amides is 1. The Kier molecular flexibility index (Phi) is 5.12. The molecule has 2 rings (SSSR count). The average Bonchev–Trinajstić information content (AvgIpc) is 2.52. The van der Waals surface area contributed by atoms with Gasteiger partial charge in [0.2, 0.25) is 5.91 Å². The summed E-state index contributed by atoms with van der Waals surface area (Å²) in [5.41, 5.74) is 1.85. The monoisotopic (exact) mass is 315 g/mol. The van der Waals surface area contributed by atoms with Gasteiger partial charge < -0.3 is 5.32 Å². The molecule has 4 nitrogen and oxygen atoms in total. The highest BCUT2D eigenvalue weighted by molar-refractivity contribution is 7.91. The topological polar surface area (TPSA) is 63.2 Å². The highest BCUT2D eigenvalue weighted by Crippen LogP contribution is 2.11. The molecular weight excluding hydrogens is 298 g/mol. The minimum atomic E-state index is -3.52. The van der Waals surface area contributed by atoms with Crippen molar-refractivity contribution in [1.29, 1.82) is 0 Å². The Morgan fingerprint density at radius 1 is 1.05 bits per heavy atom. The summed E-state index contributed by atoms with van der Waals surface area (Å²) in [6, 6.07) is 15.8. The van der Waals surface area contributed by atoms with Crippen molar-refractivity contribution in [2.24, 2.45) is 0 Å². The van der Waals surface area contributed by atoms with E-state index in [0.717, 1.165) is 11.1 Å². The molecule has 2 aromatic carbocycles. The Balaban J connectivity index is 1.95. The van der Waals surface area contributed by atoms with E-state index in [0.29, 0.717) is 0 Å². The lowest BCUT2D eigenvalue weighted by molar-refractivity contribution is -0.116. The number of aryl methyl sites for hydroxylation is 1. The molecule has 2 aromatic rings. The van der Waals surface area contributed by atoms with E-state index in [1.54, 1.807) is 18.2 Å². The molecule has 114 valence electrons. The molecule has 0 saturated heterocycles. The van der Waals surface area contributed by atoms with Gasteiger partial charge in [-0.3, -0.25) is 4.79 Å². The lowest BCUT2D eigenvalue weighted by Crippen LogP contribution is -2.28. The largest absolute Gasteiger partial charge is 0.338 e. The molecule has 0 heterocycles. The molecule has 22 heavy (non-hydrogen) atoms. The molecule has 0 fully saturated rings. The summed E-state index contributed by atoms with van der Waals surface area (Å²) in [6.45, 7) is 1.88. The van der Waals surface area contributed by atoms with Crippen molar-refractivity contribution in [2.45, 2.75) is 11.8 Å². The highest BCUT2D eigenvalue weighted by atomic mass is 32.2. The van der Waals surface area contributed by atoms with E-state index in [9.17, 15) is 13.2 Å². The van der Waals surface area contributed by atoms with E-state index in [4.69, 9.17) is 0 Å². The zero-order valence-electron chi connectivity index (χ0n) is 12.2. The van der Waals surface area contributed by atoms with Crippen LogP contribution in [0.3, 0.4) is 0 Å². The first-order chi connectivity index (χ1) is 10.5. The van der Waals surface area contributed by atoms with Gasteiger partial charge in [-0.2, -0.15) is 0 Å². The predicted molar refractivity (Wildman–Crippen MR) is 86.9 cm³/mol. The minimum absolute atomic E-state index is 0.199. The molecule has 0 radical (unpaired) electrons. The Bertz CT molecular complexity index is 763. The SMILES string of the molecule is Cc1ccc(S(=O)(=O)CNC(=O)/C=C/c2ccccc2)cc1. The summed E-state index contributed by atoms with van der Waals surface area (Å²) in [7, 11) is -3.52. The molecule has 0 spiro atoms. The lowest BCUT2D eigenvalue weighted by atomic mass is 10.2. The second-order valence-electron chi connectivity index (χ2n) is 4.86. The van der Waals surface area contributed by atoms with Gasteiger partial charge in [0.1, 0.15) is 5.88 Å². The third-order valence-electron chi connectivity index (χ3n) is 3.04. The van der Waals surface area contributed by atoms with Gasteiger partial charge in [0, 0.05) is 6.08 Å². The Morgan fingerprint density at radius 2 is 1.68 bits per heavy atom. The molecule has 0 atom stereocenters. The zero-order chi connectivity index (χ0) is 16.0. The summed E-state index contributed by atoms with van der Waals surface area (Å²) in [4.78, 5) is 11.9. The Labute approximate surface area is 130 Å². The molecule has 0 unspecified atom stereocenters. The third-order valence-corrected chi connectivity index (χ3v) is 4.56. The number of hydrogen-bond donors (Lipinski definition) is 1. The van der Waals surface area contributed by atoms with E-state index >= 15 is 0 Å². The molecule has 1 N–H and O–H groups in total. The first-order valence-corrected chi connectivity index (χ1v) is 8.43. The van der Waals surface area contributed by atoms with E-state index in [1.807, 2.05) is 37.3 Å². The van der Waals surface area contributed by atoms with Crippen LogP contribution < -0.4 is 5.32 Å². The second-order valence-corrected chi connectivity index (χ2v) is 6.85. The fourth-order valence-electron chi connectivity index (χ4n) is 1.79. The maximum Gasteiger partial charge on any atom is 0.244 e. The second kappa shape index (κ2) is 7.04. The van der Waals surface area contributed by atoms with Crippen molar-refractivity contribution in [2.75, 3.05) is 5.88 Å². The van der Waals surface area contributed by atoms with Gasteiger partial charge in [-0.15, -0.1) is 0 Å². The van der Waals surface area contributed by atoms with Crippen LogP contribution in [0, 0.1) is 6.92 Å². The standard InChI is InChI=1S/C17H17NO3S/c1-14-7-10-16(11-8-14)22(20,21)13-18-17(19)12-9-15-5-3-2-4-6-15/h2-12H,13H2,1H3,(H,18,19)/b12-9+. The average molecular weight is 315 g/mol. The lowest BCUT2D eigenvalue weighted by Gasteiger charge is -2.05. The fraction of sp³-hybridized carbons (Fsp3) is 0.118. The van der Waals surface area contributed by atoms with Crippen LogP contribution in [0.4, 0.5) is 0 Å². The maximum absolute atomic E-state index is 12.1. The van der Waals surface area contributed by atoms with Crippen molar-refractivity contribution < 1.29 is 13.2 Å². The highest BCUT2D eigenvalue weighted by Gasteiger charge is 2.14. The molecule has 0 bridgehead atoms. The number of rotatable bonds is 5. The van der Waals surface area contributed by atoms with Crippen LogP contribution in [0.15, 0.2) is 65.6 Å². The molecule has 0 aliphatic heterocycles. The van der Waals surface area contributed by atoms with Gasteiger partial charge in [0.05, 0.1) is 4.90 Å². The first-order valence-electron chi connectivity index (χ1n) is 6.78. The van der Waals surface area contributed by atoms with Crippen LogP contribution in [0.1, 0.15) is 11.1 Å². The van der Waals surface area contributed by atoms with Crippen LogP contribution in [0.5, 0.6) is 0 Å². The first kappa shape index (κ1) is 16.0. The molecule has 0 aliphatic rings. The smallest absolute Gasteiger partial charge is 0.244 e. The molecular formula is C17H17NO3S. The van der Waals surface area contributed by atoms with Crippen LogP contribution in [-0.2, 0) is 14.6 Å².